The molecular formula is C13H14N4O2S. The maximum atomic E-state index is 12.3. The van der Waals surface area contributed by atoms with Gasteiger partial charge in [-0.25, -0.2) is 0 Å². The normalized spacial score (nSPS) is 10.2. The van der Waals surface area contributed by atoms with E-state index in [0.717, 1.165) is 5.56 Å². The first-order valence-electron chi connectivity index (χ1n) is 5.87. The van der Waals surface area contributed by atoms with Gasteiger partial charge in [-0.2, -0.15) is 0 Å². The van der Waals surface area contributed by atoms with E-state index in [1.807, 2.05) is 12.1 Å². The lowest BCUT2D eigenvalue weighted by Gasteiger charge is -2.20. The SMILES string of the molecule is NC(=O)CN(Cc1ccc(N)cc1)C(=O)c1cncs1. The van der Waals surface area contributed by atoms with Gasteiger partial charge in [0.1, 0.15) is 11.4 Å². The number of thiazole rings is 1. The molecule has 7 heteroatoms. The van der Waals surface area contributed by atoms with Gasteiger partial charge in [0.2, 0.25) is 5.91 Å². The minimum Gasteiger partial charge on any atom is -0.399 e. The fraction of sp³-hybridized carbons (Fsp3) is 0.154. The maximum absolute atomic E-state index is 12.3. The number of benzene rings is 1. The van der Waals surface area contributed by atoms with E-state index in [1.165, 1.54) is 22.4 Å². The second kappa shape index (κ2) is 6.16. The molecule has 0 unspecified atom stereocenters. The number of aromatic nitrogens is 1. The molecular weight excluding hydrogens is 276 g/mol. The Morgan fingerprint density at radius 1 is 1.25 bits per heavy atom. The monoisotopic (exact) mass is 290 g/mol. The van der Waals surface area contributed by atoms with Gasteiger partial charge in [0.25, 0.3) is 5.91 Å². The van der Waals surface area contributed by atoms with Crippen LogP contribution < -0.4 is 11.5 Å². The maximum Gasteiger partial charge on any atom is 0.266 e. The molecule has 20 heavy (non-hydrogen) atoms. The molecule has 104 valence electrons. The lowest BCUT2D eigenvalue weighted by molar-refractivity contribution is -0.118. The van der Waals surface area contributed by atoms with Crippen LogP contribution in [0.2, 0.25) is 0 Å². The van der Waals surface area contributed by atoms with Crippen molar-refractivity contribution in [1.29, 1.82) is 0 Å². The molecule has 1 aromatic heterocycles. The van der Waals surface area contributed by atoms with Gasteiger partial charge >= 0.3 is 0 Å². The highest BCUT2D eigenvalue weighted by atomic mass is 32.1. The average molecular weight is 290 g/mol. The highest BCUT2D eigenvalue weighted by Crippen LogP contribution is 2.14. The average Bonchev–Trinajstić information content (AvgIpc) is 2.93. The summed E-state index contributed by atoms with van der Waals surface area (Å²) in [5.74, 6) is -0.818. The Morgan fingerprint density at radius 3 is 2.50 bits per heavy atom. The molecule has 0 radical (unpaired) electrons. The van der Waals surface area contributed by atoms with E-state index in [9.17, 15) is 9.59 Å². The molecule has 1 aromatic carbocycles. The number of nitrogen functional groups attached to an aromatic ring is 1. The van der Waals surface area contributed by atoms with Crippen LogP contribution in [-0.2, 0) is 11.3 Å². The zero-order chi connectivity index (χ0) is 14.5. The number of carbonyl (C=O) groups excluding carboxylic acids is 2. The van der Waals surface area contributed by atoms with E-state index in [4.69, 9.17) is 11.5 Å². The van der Waals surface area contributed by atoms with Crippen LogP contribution in [0.1, 0.15) is 15.2 Å². The standard InChI is InChI=1S/C13H14N4O2S/c14-10-3-1-9(2-4-10)6-17(7-12(15)18)13(19)11-5-16-8-20-11/h1-5,8H,6-7,14H2,(H2,15,18). The zero-order valence-electron chi connectivity index (χ0n) is 10.7. The predicted molar refractivity (Wildman–Crippen MR) is 76.9 cm³/mol. The topological polar surface area (TPSA) is 102 Å². The molecule has 1 heterocycles. The summed E-state index contributed by atoms with van der Waals surface area (Å²) in [7, 11) is 0. The van der Waals surface area contributed by atoms with Crippen LogP contribution >= 0.6 is 11.3 Å². The molecule has 0 bridgehead atoms. The molecule has 0 aliphatic carbocycles. The highest BCUT2D eigenvalue weighted by Gasteiger charge is 2.19. The van der Waals surface area contributed by atoms with E-state index < -0.39 is 5.91 Å². The summed E-state index contributed by atoms with van der Waals surface area (Å²) in [6, 6.07) is 7.11. The second-order valence-electron chi connectivity index (χ2n) is 4.23. The van der Waals surface area contributed by atoms with Crippen LogP contribution in [0.15, 0.2) is 36.0 Å². The Balaban J connectivity index is 2.17. The van der Waals surface area contributed by atoms with Gasteiger partial charge in [-0.05, 0) is 17.7 Å². The van der Waals surface area contributed by atoms with Crippen molar-refractivity contribution < 1.29 is 9.59 Å². The van der Waals surface area contributed by atoms with Gasteiger partial charge in [-0.1, -0.05) is 12.1 Å². The van der Waals surface area contributed by atoms with Crippen molar-refractivity contribution in [2.75, 3.05) is 12.3 Å². The number of nitrogens with zero attached hydrogens (tertiary/aromatic N) is 2. The van der Waals surface area contributed by atoms with Crippen molar-refractivity contribution in [3.8, 4) is 0 Å². The predicted octanol–water partition coefficient (Wildman–Crippen LogP) is 0.853. The van der Waals surface area contributed by atoms with E-state index in [0.29, 0.717) is 17.1 Å². The first kappa shape index (κ1) is 14.0. The molecule has 0 atom stereocenters. The minimum absolute atomic E-state index is 0.138. The van der Waals surface area contributed by atoms with Crippen LogP contribution in [-0.4, -0.2) is 28.2 Å². The lowest BCUT2D eigenvalue weighted by Crippen LogP contribution is -2.37. The van der Waals surface area contributed by atoms with E-state index in [1.54, 1.807) is 17.6 Å². The van der Waals surface area contributed by atoms with E-state index in [-0.39, 0.29) is 12.5 Å². The molecule has 0 aliphatic heterocycles. The Morgan fingerprint density at radius 2 is 1.95 bits per heavy atom. The van der Waals surface area contributed by atoms with Crippen LogP contribution in [0.4, 0.5) is 5.69 Å². The number of primary amides is 1. The van der Waals surface area contributed by atoms with E-state index in [2.05, 4.69) is 4.98 Å². The van der Waals surface area contributed by atoms with Crippen molar-refractivity contribution in [2.45, 2.75) is 6.54 Å². The number of hydrogen-bond donors (Lipinski definition) is 2. The third kappa shape index (κ3) is 3.55. The fourth-order valence-corrected chi connectivity index (χ4v) is 2.30. The first-order valence-corrected chi connectivity index (χ1v) is 6.74. The number of nitrogens with two attached hydrogens (primary N) is 2. The molecule has 2 aromatic rings. The van der Waals surface area contributed by atoms with Crippen molar-refractivity contribution >= 4 is 28.8 Å². The van der Waals surface area contributed by atoms with Gasteiger partial charge in [0.05, 0.1) is 11.7 Å². The number of carbonyl (C=O) groups is 2. The molecule has 2 amide bonds. The summed E-state index contributed by atoms with van der Waals surface area (Å²) < 4.78 is 0. The van der Waals surface area contributed by atoms with Gasteiger partial charge < -0.3 is 16.4 Å². The highest BCUT2D eigenvalue weighted by molar-refractivity contribution is 7.11. The van der Waals surface area contributed by atoms with Crippen molar-refractivity contribution in [2.24, 2.45) is 5.73 Å². The quantitative estimate of drug-likeness (QED) is 0.797. The summed E-state index contributed by atoms with van der Waals surface area (Å²) in [5.41, 5.74) is 13.9. The summed E-state index contributed by atoms with van der Waals surface area (Å²) in [5, 5.41) is 0. The van der Waals surface area contributed by atoms with Gasteiger partial charge in [-0.3, -0.25) is 14.6 Å². The summed E-state index contributed by atoms with van der Waals surface area (Å²) >= 11 is 1.23. The van der Waals surface area contributed by atoms with Crippen LogP contribution in [0, 0.1) is 0 Å². The summed E-state index contributed by atoms with van der Waals surface area (Å²) in [6.45, 7) is 0.154. The Bertz CT molecular complexity index is 595. The smallest absolute Gasteiger partial charge is 0.266 e. The third-order valence-corrected chi connectivity index (χ3v) is 3.39. The Kier molecular flexibility index (Phi) is 4.31. The fourth-order valence-electron chi connectivity index (χ4n) is 1.71. The van der Waals surface area contributed by atoms with Gasteiger partial charge in [0.15, 0.2) is 0 Å². The van der Waals surface area contributed by atoms with Crippen LogP contribution in [0.3, 0.4) is 0 Å². The van der Waals surface area contributed by atoms with Crippen LogP contribution in [0.25, 0.3) is 0 Å². The minimum atomic E-state index is -0.557. The molecule has 0 fully saturated rings. The van der Waals surface area contributed by atoms with Crippen molar-refractivity contribution in [3.05, 3.63) is 46.4 Å². The zero-order valence-corrected chi connectivity index (χ0v) is 11.5. The molecule has 2 rings (SSSR count). The molecule has 0 aliphatic rings. The number of amides is 2. The molecule has 0 saturated carbocycles. The first-order chi connectivity index (χ1) is 9.56. The van der Waals surface area contributed by atoms with Gasteiger partial charge in [0, 0.05) is 12.2 Å². The Hall–Kier alpha value is -2.41. The molecule has 0 spiro atoms. The van der Waals surface area contributed by atoms with Gasteiger partial charge in [-0.15, -0.1) is 11.3 Å². The molecule has 0 saturated heterocycles. The summed E-state index contributed by atoms with van der Waals surface area (Å²) in [4.78, 5) is 29.1. The number of rotatable bonds is 5. The van der Waals surface area contributed by atoms with Crippen molar-refractivity contribution in [1.82, 2.24) is 9.88 Å². The van der Waals surface area contributed by atoms with Crippen LogP contribution in [0.5, 0.6) is 0 Å². The number of hydrogen-bond acceptors (Lipinski definition) is 5. The molecule has 6 nitrogen and oxygen atoms in total. The largest absolute Gasteiger partial charge is 0.399 e. The summed E-state index contributed by atoms with van der Waals surface area (Å²) in [6.07, 6.45) is 1.48. The second-order valence-corrected chi connectivity index (χ2v) is 5.12. The molecule has 4 N–H and O–H groups in total. The Labute approximate surface area is 120 Å². The number of anilines is 1. The van der Waals surface area contributed by atoms with Crippen molar-refractivity contribution in [3.63, 3.8) is 0 Å². The lowest BCUT2D eigenvalue weighted by atomic mass is 10.2. The van der Waals surface area contributed by atoms with E-state index >= 15 is 0 Å². The third-order valence-electron chi connectivity index (χ3n) is 2.63.